The Morgan fingerprint density at radius 1 is 0.905 bits per heavy atom. The molecule has 1 aromatic rings. The largest absolute Gasteiger partial charge is 0.462 e. The molecule has 0 aromatic heterocycles. The van der Waals surface area contributed by atoms with Gasteiger partial charge in [-0.3, -0.25) is 0 Å². The number of benzene rings is 1. The molecule has 1 aromatic carbocycles. The summed E-state index contributed by atoms with van der Waals surface area (Å²) in [5, 5.41) is -0.681. The van der Waals surface area contributed by atoms with Crippen LogP contribution in [0.25, 0.3) is 0 Å². The molecule has 116 valence electrons. The summed E-state index contributed by atoms with van der Waals surface area (Å²) in [6.07, 6.45) is -0.420. The minimum atomic E-state index is -0.835. The molecule has 0 heterocycles. The van der Waals surface area contributed by atoms with Gasteiger partial charge in [-0.15, -0.1) is 0 Å². The summed E-state index contributed by atoms with van der Waals surface area (Å²) in [4.78, 5) is 24.2. The van der Waals surface area contributed by atoms with Crippen molar-refractivity contribution in [2.24, 2.45) is 0 Å². The summed E-state index contributed by atoms with van der Waals surface area (Å²) in [5.74, 6) is -1.67. The molecule has 1 rings (SSSR count). The molecule has 0 fully saturated rings. The summed E-state index contributed by atoms with van der Waals surface area (Å²) in [5.41, 5.74) is -0.521. The van der Waals surface area contributed by atoms with Gasteiger partial charge in [-0.1, -0.05) is 46.4 Å². The monoisotopic (exact) mass is 372 g/mol. The zero-order chi connectivity index (χ0) is 16.3. The van der Waals surface area contributed by atoms with Crippen molar-refractivity contribution in [1.82, 2.24) is 0 Å². The normalized spacial score (nSPS) is 10.7. The van der Waals surface area contributed by atoms with Crippen LogP contribution < -0.4 is 0 Å². The highest BCUT2D eigenvalue weighted by Crippen LogP contribution is 2.42. The number of hydrogen-bond acceptors (Lipinski definition) is 4. The van der Waals surface area contributed by atoms with Gasteiger partial charge in [0, 0.05) is 0 Å². The maximum Gasteiger partial charge on any atom is 0.340 e. The van der Waals surface area contributed by atoms with Crippen molar-refractivity contribution in [3.63, 3.8) is 0 Å². The van der Waals surface area contributed by atoms with Crippen LogP contribution in [0.5, 0.6) is 0 Å². The maximum atomic E-state index is 12.1. The molecule has 0 aliphatic heterocycles. The van der Waals surface area contributed by atoms with Crippen LogP contribution in [-0.4, -0.2) is 24.6 Å². The first-order valence-electron chi connectivity index (χ1n) is 5.96. The van der Waals surface area contributed by atoms with E-state index in [1.54, 1.807) is 20.8 Å². The fraction of sp³-hybridized carbons (Fsp3) is 0.385. The average Bonchev–Trinajstić information content (AvgIpc) is 2.39. The third kappa shape index (κ3) is 3.95. The smallest absolute Gasteiger partial charge is 0.340 e. The fourth-order valence-corrected chi connectivity index (χ4v) is 2.50. The maximum absolute atomic E-state index is 12.1. The standard InChI is InChI=1S/C13H12Cl4O4/c1-4-20-12(18)6-7(13(19)21-5(2)3)9(15)11(17)10(16)8(6)14/h5H,4H2,1-3H3. The van der Waals surface area contributed by atoms with Crippen LogP contribution in [-0.2, 0) is 9.47 Å². The topological polar surface area (TPSA) is 52.6 Å². The number of rotatable bonds is 4. The molecule has 0 amide bonds. The quantitative estimate of drug-likeness (QED) is 0.421. The van der Waals surface area contributed by atoms with Crippen molar-refractivity contribution in [1.29, 1.82) is 0 Å². The van der Waals surface area contributed by atoms with E-state index in [1.165, 1.54) is 0 Å². The zero-order valence-electron chi connectivity index (χ0n) is 11.4. The molecule has 0 N–H and O–H groups in total. The van der Waals surface area contributed by atoms with Crippen LogP contribution in [0.3, 0.4) is 0 Å². The van der Waals surface area contributed by atoms with Crippen molar-refractivity contribution in [3.8, 4) is 0 Å². The van der Waals surface area contributed by atoms with Crippen molar-refractivity contribution in [2.75, 3.05) is 6.61 Å². The lowest BCUT2D eigenvalue weighted by Gasteiger charge is -2.16. The average molecular weight is 374 g/mol. The number of carbonyl (C=O) groups excluding carboxylic acids is 2. The second kappa shape index (κ2) is 7.54. The molecule has 0 aliphatic rings. The minimum absolute atomic E-state index is 0.0890. The first-order chi connectivity index (χ1) is 9.72. The van der Waals surface area contributed by atoms with Gasteiger partial charge in [0.15, 0.2) is 0 Å². The SMILES string of the molecule is CCOC(=O)c1c(Cl)c(Cl)c(Cl)c(Cl)c1C(=O)OC(C)C. The molecule has 8 heteroatoms. The predicted molar refractivity (Wildman–Crippen MR) is 83.0 cm³/mol. The molecule has 21 heavy (non-hydrogen) atoms. The molecule has 0 unspecified atom stereocenters. The third-order valence-electron chi connectivity index (χ3n) is 2.29. The molecule has 0 bridgehead atoms. The lowest BCUT2D eigenvalue weighted by Crippen LogP contribution is -2.18. The Morgan fingerprint density at radius 3 is 1.71 bits per heavy atom. The Morgan fingerprint density at radius 2 is 1.33 bits per heavy atom. The Labute approximate surface area is 142 Å². The lowest BCUT2D eigenvalue weighted by molar-refractivity contribution is 0.0363. The van der Waals surface area contributed by atoms with E-state index < -0.39 is 18.0 Å². The van der Waals surface area contributed by atoms with Gasteiger partial charge >= 0.3 is 11.9 Å². The van der Waals surface area contributed by atoms with Gasteiger partial charge in [0.05, 0.1) is 43.9 Å². The third-order valence-corrected chi connectivity index (χ3v) is 4.10. The van der Waals surface area contributed by atoms with Gasteiger partial charge < -0.3 is 9.47 Å². The van der Waals surface area contributed by atoms with E-state index in [0.717, 1.165) is 0 Å². The highest BCUT2D eigenvalue weighted by atomic mass is 35.5. The van der Waals surface area contributed by atoms with E-state index in [2.05, 4.69) is 0 Å². The van der Waals surface area contributed by atoms with E-state index in [4.69, 9.17) is 55.9 Å². The molecule has 0 atom stereocenters. The molecule has 0 spiro atoms. The fourth-order valence-electron chi connectivity index (χ4n) is 1.49. The lowest BCUT2D eigenvalue weighted by atomic mass is 10.1. The Kier molecular flexibility index (Phi) is 6.60. The number of ether oxygens (including phenoxy) is 2. The van der Waals surface area contributed by atoms with Crippen molar-refractivity contribution < 1.29 is 19.1 Å². The Bertz CT molecular complexity index is 584. The van der Waals surface area contributed by atoms with Crippen LogP contribution >= 0.6 is 46.4 Å². The summed E-state index contributed by atoms with van der Waals surface area (Å²) in [6.45, 7) is 4.99. The molecular formula is C13H12Cl4O4. The first-order valence-corrected chi connectivity index (χ1v) is 7.47. The van der Waals surface area contributed by atoms with Gasteiger partial charge in [0.25, 0.3) is 0 Å². The number of carbonyl (C=O) groups is 2. The number of hydrogen-bond donors (Lipinski definition) is 0. The van der Waals surface area contributed by atoms with Crippen LogP contribution in [0.15, 0.2) is 0 Å². The molecule has 4 nitrogen and oxygen atoms in total. The highest BCUT2D eigenvalue weighted by Gasteiger charge is 2.31. The molecule has 0 saturated heterocycles. The second-order valence-electron chi connectivity index (χ2n) is 4.18. The van der Waals surface area contributed by atoms with Gasteiger partial charge in [0.2, 0.25) is 0 Å². The van der Waals surface area contributed by atoms with Gasteiger partial charge in [-0.2, -0.15) is 0 Å². The van der Waals surface area contributed by atoms with E-state index in [0.29, 0.717) is 0 Å². The van der Waals surface area contributed by atoms with Crippen molar-refractivity contribution in [3.05, 3.63) is 31.2 Å². The van der Waals surface area contributed by atoms with Crippen LogP contribution in [0.2, 0.25) is 20.1 Å². The molecule has 0 radical (unpaired) electrons. The number of halogens is 4. The van der Waals surface area contributed by atoms with Crippen LogP contribution in [0.4, 0.5) is 0 Å². The van der Waals surface area contributed by atoms with Gasteiger partial charge in [0.1, 0.15) is 0 Å². The van der Waals surface area contributed by atoms with E-state index in [-0.39, 0.29) is 37.8 Å². The van der Waals surface area contributed by atoms with Gasteiger partial charge in [-0.05, 0) is 20.8 Å². The van der Waals surface area contributed by atoms with E-state index in [9.17, 15) is 9.59 Å². The Hall–Kier alpha value is -0.680. The highest BCUT2D eigenvalue weighted by molar-refractivity contribution is 6.54. The summed E-state index contributed by atoms with van der Waals surface area (Å²) >= 11 is 23.8. The van der Waals surface area contributed by atoms with Gasteiger partial charge in [-0.25, -0.2) is 9.59 Å². The van der Waals surface area contributed by atoms with Crippen LogP contribution in [0.1, 0.15) is 41.5 Å². The predicted octanol–water partition coefficient (Wildman–Crippen LogP) is 5.04. The Balaban J connectivity index is 3.58. The minimum Gasteiger partial charge on any atom is -0.462 e. The van der Waals surface area contributed by atoms with E-state index in [1.807, 2.05) is 0 Å². The van der Waals surface area contributed by atoms with E-state index >= 15 is 0 Å². The van der Waals surface area contributed by atoms with Crippen molar-refractivity contribution in [2.45, 2.75) is 26.9 Å². The van der Waals surface area contributed by atoms with Crippen molar-refractivity contribution >= 4 is 58.3 Å². The summed E-state index contributed by atoms with van der Waals surface area (Å²) in [7, 11) is 0. The summed E-state index contributed by atoms with van der Waals surface area (Å²) < 4.78 is 9.91. The zero-order valence-corrected chi connectivity index (χ0v) is 14.5. The second-order valence-corrected chi connectivity index (χ2v) is 5.69. The summed E-state index contributed by atoms with van der Waals surface area (Å²) in [6, 6.07) is 0. The molecule has 0 saturated carbocycles. The number of esters is 2. The molecular weight excluding hydrogens is 362 g/mol. The first kappa shape index (κ1) is 18.4. The van der Waals surface area contributed by atoms with Crippen LogP contribution in [0, 0.1) is 0 Å². The molecule has 0 aliphatic carbocycles.